The summed E-state index contributed by atoms with van der Waals surface area (Å²) in [6.45, 7) is 7.02. The number of carbonyl (C=O) groups excluding carboxylic acids is 1. The zero-order chi connectivity index (χ0) is 16.1. The van der Waals surface area contributed by atoms with E-state index in [4.69, 9.17) is 5.11 Å². The third-order valence-electron chi connectivity index (χ3n) is 4.41. The molecule has 1 aromatic heterocycles. The first-order valence-corrected chi connectivity index (χ1v) is 7.90. The van der Waals surface area contributed by atoms with Crippen molar-refractivity contribution in [3.05, 3.63) is 17.5 Å². The minimum absolute atomic E-state index is 0.145. The molecule has 0 radical (unpaired) electrons. The molecule has 2 heterocycles. The van der Waals surface area contributed by atoms with Crippen LogP contribution in [0.4, 0.5) is 0 Å². The molecule has 0 unspecified atom stereocenters. The third-order valence-corrected chi connectivity index (χ3v) is 4.41. The SMILES string of the molecule is CC(C)(C)n1nc(C(=O)N2CC[C@H](C(=O)O)C2)cc1C1CC1. The van der Waals surface area contributed by atoms with Gasteiger partial charge in [-0.15, -0.1) is 0 Å². The molecule has 1 atom stereocenters. The highest BCUT2D eigenvalue weighted by molar-refractivity contribution is 5.93. The second-order valence-corrected chi connectivity index (χ2v) is 7.39. The van der Waals surface area contributed by atoms with Gasteiger partial charge in [0.05, 0.1) is 11.5 Å². The van der Waals surface area contributed by atoms with Crippen LogP contribution in [0.2, 0.25) is 0 Å². The number of hydrogen-bond donors (Lipinski definition) is 1. The van der Waals surface area contributed by atoms with Gasteiger partial charge < -0.3 is 10.0 Å². The minimum atomic E-state index is -0.825. The van der Waals surface area contributed by atoms with Crippen LogP contribution < -0.4 is 0 Å². The number of likely N-dealkylation sites (tertiary alicyclic amines) is 1. The fourth-order valence-corrected chi connectivity index (χ4v) is 3.02. The molecule has 1 N–H and O–H groups in total. The first-order valence-electron chi connectivity index (χ1n) is 7.90. The Morgan fingerprint density at radius 1 is 1.27 bits per heavy atom. The Morgan fingerprint density at radius 2 is 1.95 bits per heavy atom. The number of carboxylic acid groups (broad SMARTS) is 1. The fourth-order valence-electron chi connectivity index (χ4n) is 3.02. The quantitative estimate of drug-likeness (QED) is 0.927. The highest BCUT2D eigenvalue weighted by Gasteiger charge is 2.36. The monoisotopic (exact) mass is 305 g/mol. The van der Waals surface area contributed by atoms with Crippen molar-refractivity contribution in [3.63, 3.8) is 0 Å². The molecule has 1 saturated carbocycles. The van der Waals surface area contributed by atoms with E-state index in [0.29, 0.717) is 24.6 Å². The first-order chi connectivity index (χ1) is 10.3. The van der Waals surface area contributed by atoms with Gasteiger partial charge in [0.1, 0.15) is 0 Å². The van der Waals surface area contributed by atoms with E-state index in [-0.39, 0.29) is 18.0 Å². The number of hydrogen-bond acceptors (Lipinski definition) is 3. The maximum atomic E-state index is 12.6. The molecule has 2 aliphatic rings. The van der Waals surface area contributed by atoms with Crippen molar-refractivity contribution in [2.75, 3.05) is 13.1 Å². The van der Waals surface area contributed by atoms with Crippen molar-refractivity contribution in [1.29, 1.82) is 0 Å². The standard InChI is InChI=1S/C16H23N3O3/c1-16(2,3)19-13(10-4-5-10)8-12(17-19)14(20)18-7-6-11(9-18)15(21)22/h8,10-11H,4-7,9H2,1-3H3,(H,21,22)/t11-/m0/s1. The predicted molar refractivity (Wildman–Crippen MR) is 80.8 cm³/mol. The van der Waals surface area contributed by atoms with Crippen LogP contribution >= 0.6 is 0 Å². The Bertz CT molecular complexity index is 611. The Kier molecular flexibility index (Phi) is 3.50. The molecular formula is C16H23N3O3. The van der Waals surface area contributed by atoms with E-state index < -0.39 is 11.9 Å². The Hall–Kier alpha value is -1.85. The van der Waals surface area contributed by atoms with Crippen LogP contribution in [0.5, 0.6) is 0 Å². The second-order valence-electron chi connectivity index (χ2n) is 7.39. The zero-order valence-corrected chi connectivity index (χ0v) is 13.4. The van der Waals surface area contributed by atoms with Crippen LogP contribution in [-0.2, 0) is 10.3 Å². The van der Waals surface area contributed by atoms with E-state index in [2.05, 4.69) is 25.9 Å². The number of amides is 1. The summed E-state index contributed by atoms with van der Waals surface area (Å²) in [4.78, 5) is 25.3. The third kappa shape index (κ3) is 2.74. The lowest BCUT2D eigenvalue weighted by molar-refractivity contribution is -0.141. The molecule has 1 aliphatic heterocycles. The van der Waals surface area contributed by atoms with Crippen LogP contribution in [0, 0.1) is 5.92 Å². The summed E-state index contributed by atoms with van der Waals surface area (Å²) < 4.78 is 1.96. The fraction of sp³-hybridized carbons (Fsp3) is 0.688. The summed E-state index contributed by atoms with van der Waals surface area (Å²) >= 11 is 0. The molecule has 0 bridgehead atoms. The second kappa shape index (κ2) is 5.11. The molecular weight excluding hydrogens is 282 g/mol. The molecule has 1 amide bonds. The molecule has 6 heteroatoms. The lowest BCUT2D eigenvalue weighted by Gasteiger charge is -2.22. The minimum Gasteiger partial charge on any atom is -0.481 e. The largest absolute Gasteiger partial charge is 0.481 e. The summed E-state index contributed by atoms with van der Waals surface area (Å²) in [5.41, 5.74) is 1.41. The van der Waals surface area contributed by atoms with Gasteiger partial charge in [-0.25, -0.2) is 0 Å². The molecule has 1 aliphatic carbocycles. The van der Waals surface area contributed by atoms with E-state index in [1.807, 2.05) is 10.7 Å². The molecule has 120 valence electrons. The Balaban J connectivity index is 1.83. The van der Waals surface area contributed by atoms with Crippen molar-refractivity contribution in [2.24, 2.45) is 5.92 Å². The Labute approximate surface area is 130 Å². The number of carboxylic acids is 1. The van der Waals surface area contributed by atoms with Gasteiger partial charge in [-0.05, 0) is 46.1 Å². The summed E-state index contributed by atoms with van der Waals surface area (Å²) in [7, 11) is 0. The summed E-state index contributed by atoms with van der Waals surface area (Å²) in [6, 6.07) is 1.90. The van der Waals surface area contributed by atoms with Crippen LogP contribution in [0.25, 0.3) is 0 Å². The molecule has 1 aromatic rings. The van der Waals surface area contributed by atoms with Gasteiger partial charge in [0.15, 0.2) is 5.69 Å². The van der Waals surface area contributed by atoms with Gasteiger partial charge in [-0.3, -0.25) is 14.3 Å². The lowest BCUT2D eigenvalue weighted by Crippen LogP contribution is -2.31. The number of nitrogens with zero attached hydrogens (tertiary/aromatic N) is 3. The topological polar surface area (TPSA) is 75.4 Å². The van der Waals surface area contributed by atoms with Crippen LogP contribution in [0.15, 0.2) is 6.07 Å². The van der Waals surface area contributed by atoms with Crippen LogP contribution in [-0.4, -0.2) is 44.8 Å². The first kappa shape index (κ1) is 15.1. The van der Waals surface area contributed by atoms with E-state index in [0.717, 1.165) is 18.5 Å². The van der Waals surface area contributed by atoms with Crippen LogP contribution in [0.3, 0.4) is 0 Å². The molecule has 3 rings (SSSR count). The summed E-state index contributed by atoms with van der Waals surface area (Å²) in [5, 5.41) is 13.6. The highest BCUT2D eigenvalue weighted by atomic mass is 16.4. The van der Waals surface area contributed by atoms with Gasteiger partial charge in [-0.1, -0.05) is 0 Å². The average Bonchev–Trinajstić information content (AvgIpc) is 3.00. The van der Waals surface area contributed by atoms with E-state index >= 15 is 0 Å². The summed E-state index contributed by atoms with van der Waals surface area (Å²) in [5.74, 6) is -0.905. The smallest absolute Gasteiger partial charge is 0.308 e. The lowest BCUT2D eigenvalue weighted by atomic mass is 10.1. The van der Waals surface area contributed by atoms with Crippen molar-refractivity contribution >= 4 is 11.9 Å². The molecule has 22 heavy (non-hydrogen) atoms. The van der Waals surface area contributed by atoms with Crippen molar-refractivity contribution in [1.82, 2.24) is 14.7 Å². The molecule has 0 spiro atoms. The van der Waals surface area contributed by atoms with Gasteiger partial charge in [0.25, 0.3) is 5.91 Å². The van der Waals surface area contributed by atoms with Gasteiger partial charge in [-0.2, -0.15) is 5.10 Å². The van der Waals surface area contributed by atoms with E-state index in [1.165, 1.54) is 0 Å². The van der Waals surface area contributed by atoms with Crippen molar-refractivity contribution in [2.45, 2.75) is 51.5 Å². The van der Waals surface area contributed by atoms with Crippen molar-refractivity contribution in [3.8, 4) is 0 Å². The van der Waals surface area contributed by atoms with Gasteiger partial charge >= 0.3 is 5.97 Å². The molecule has 1 saturated heterocycles. The average molecular weight is 305 g/mol. The normalized spacial score (nSPS) is 22.1. The highest BCUT2D eigenvalue weighted by Crippen LogP contribution is 2.41. The Morgan fingerprint density at radius 3 is 2.45 bits per heavy atom. The number of aliphatic carboxylic acids is 1. The number of aromatic nitrogens is 2. The molecule has 0 aromatic carbocycles. The number of carbonyl (C=O) groups is 2. The number of rotatable bonds is 3. The zero-order valence-electron chi connectivity index (χ0n) is 13.4. The summed E-state index contributed by atoms with van der Waals surface area (Å²) in [6.07, 6.45) is 2.83. The maximum Gasteiger partial charge on any atom is 0.308 e. The predicted octanol–water partition coefficient (Wildman–Crippen LogP) is 2.06. The van der Waals surface area contributed by atoms with Crippen LogP contribution in [0.1, 0.15) is 62.1 Å². The van der Waals surface area contributed by atoms with E-state index in [1.54, 1.807) is 4.90 Å². The molecule has 2 fully saturated rings. The van der Waals surface area contributed by atoms with Gasteiger partial charge in [0.2, 0.25) is 0 Å². The molecule has 6 nitrogen and oxygen atoms in total. The maximum absolute atomic E-state index is 12.6. The van der Waals surface area contributed by atoms with Crippen molar-refractivity contribution < 1.29 is 14.7 Å². The van der Waals surface area contributed by atoms with E-state index in [9.17, 15) is 9.59 Å². The van der Waals surface area contributed by atoms with Gasteiger partial charge in [0, 0.05) is 24.7 Å².